The fourth-order valence-electron chi connectivity index (χ4n) is 4.27. The number of rotatable bonds is 11. The van der Waals surface area contributed by atoms with Gasteiger partial charge in [-0.2, -0.15) is 4.39 Å². The van der Waals surface area contributed by atoms with E-state index in [2.05, 4.69) is 15.3 Å². The summed E-state index contributed by atoms with van der Waals surface area (Å²) in [5.41, 5.74) is 10.2. The van der Waals surface area contributed by atoms with E-state index in [4.69, 9.17) is 10.5 Å². The minimum absolute atomic E-state index is 0.0189. The maximum Gasteiger partial charge on any atom is 0.324 e. The van der Waals surface area contributed by atoms with Crippen molar-refractivity contribution >= 4 is 28.6 Å². The summed E-state index contributed by atoms with van der Waals surface area (Å²) < 4.78 is 21.3. The van der Waals surface area contributed by atoms with Crippen LogP contribution in [0.1, 0.15) is 20.3 Å². The summed E-state index contributed by atoms with van der Waals surface area (Å²) >= 11 is 0. The predicted octanol–water partition coefficient (Wildman–Crippen LogP) is 4.83. The zero-order chi connectivity index (χ0) is 29.5. The van der Waals surface area contributed by atoms with Gasteiger partial charge in [-0.1, -0.05) is 38.5 Å². The first-order chi connectivity index (χ1) is 19.7. The number of likely N-dealkylation sites (N-methyl/N-ethyl adjacent to an activating group) is 1. The summed E-state index contributed by atoms with van der Waals surface area (Å²) in [5, 5.41) is 3.62. The summed E-state index contributed by atoms with van der Waals surface area (Å²) in [6, 6.07) is 11.7. The molecule has 4 rings (SSSR count). The van der Waals surface area contributed by atoms with Crippen LogP contribution in [0.3, 0.4) is 0 Å². The van der Waals surface area contributed by atoms with E-state index in [9.17, 15) is 14.0 Å². The van der Waals surface area contributed by atoms with Gasteiger partial charge in [0.15, 0.2) is 6.73 Å². The highest BCUT2D eigenvalue weighted by molar-refractivity contribution is 6.00. The molecule has 214 valence electrons. The van der Waals surface area contributed by atoms with Crippen LogP contribution in [-0.4, -0.2) is 58.0 Å². The van der Waals surface area contributed by atoms with Crippen LogP contribution in [0.2, 0.25) is 0 Å². The van der Waals surface area contributed by atoms with Crippen molar-refractivity contribution in [3.8, 4) is 22.3 Å². The monoisotopic (exact) mass is 558 g/mol. The number of pyridine rings is 2. The third kappa shape index (κ3) is 7.41. The third-order valence-corrected chi connectivity index (χ3v) is 6.83. The number of nitrogens with zero attached hydrogens (tertiary/aromatic N) is 4. The maximum absolute atomic E-state index is 14.1. The Morgan fingerprint density at radius 3 is 2.68 bits per heavy atom. The Kier molecular flexibility index (Phi) is 9.59. The molecule has 3 N–H and O–H groups in total. The highest BCUT2D eigenvalue weighted by Crippen LogP contribution is 2.33. The summed E-state index contributed by atoms with van der Waals surface area (Å²) in [6.07, 6.45) is 8.93. The lowest BCUT2D eigenvalue weighted by molar-refractivity contribution is -0.150. The van der Waals surface area contributed by atoms with Gasteiger partial charge in [-0.3, -0.25) is 14.2 Å². The number of ether oxygens (including phenoxy) is 1. The number of esters is 1. The van der Waals surface area contributed by atoms with Gasteiger partial charge in [-0.15, -0.1) is 0 Å². The predicted molar refractivity (Wildman–Crippen MR) is 158 cm³/mol. The van der Waals surface area contributed by atoms with Crippen LogP contribution in [-0.2, 0) is 21.1 Å². The van der Waals surface area contributed by atoms with Gasteiger partial charge in [0.1, 0.15) is 11.7 Å². The molecule has 3 heterocycles. The fourth-order valence-corrected chi connectivity index (χ4v) is 4.27. The van der Waals surface area contributed by atoms with Crippen molar-refractivity contribution < 1.29 is 18.7 Å². The number of hydrogen-bond acceptors (Lipinski definition) is 7. The van der Waals surface area contributed by atoms with Crippen LogP contribution in [0.5, 0.6) is 0 Å². The Morgan fingerprint density at radius 2 is 1.95 bits per heavy atom. The average Bonchev–Trinajstić information content (AvgIpc) is 3.32. The van der Waals surface area contributed by atoms with Gasteiger partial charge in [0.05, 0.1) is 0 Å². The van der Waals surface area contributed by atoms with Crippen molar-refractivity contribution in [1.82, 2.24) is 19.4 Å². The first-order valence-electron chi connectivity index (χ1n) is 13.4. The van der Waals surface area contributed by atoms with E-state index in [-0.39, 0.29) is 18.6 Å². The van der Waals surface area contributed by atoms with Crippen LogP contribution in [0.15, 0.2) is 73.2 Å². The molecule has 0 saturated carbocycles. The maximum atomic E-state index is 14.1. The van der Waals surface area contributed by atoms with Crippen LogP contribution in [0, 0.1) is 11.9 Å². The number of aromatic nitrogens is 3. The summed E-state index contributed by atoms with van der Waals surface area (Å²) in [4.78, 5) is 35.2. The Bertz CT molecular complexity index is 1560. The van der Waals surface area contributed by atoms with Gasteiger partial charge in [0.2, 0.25) is 11.9 Å². The van der Waals surface area contributed by atoms with E-state index in [0.29, 0.717) is 29.0 Å². The van der Waals surface area contributed by atoms with Crippen molar-refractivity contribution in [3.63, 3.8) is 0 Å². The number of nitrogens with one attached hydrogen (secondary N) is 1. The molecule has 0 aliphatic heterocycles. The van der Waals surface area contributed by atoms with E-state index in [1.807, 2.05) is 63.2 Å². The van der Waals surface area contributed by atoms with Crippen molar-refractivity contribution in [2.75, 3.05) is 26.0 Å². The Balaban J connectivity index is 1.66. The lowest BCUT2D eigenvalue weighted by atomic mass is 10.0. The van der Waals surface area contributed by atoms with E-state index >= 15 is 0 Å². The Labute approximate surface area is 238 Å². The molecule has 10 heteroatoms. The van der Waals surface area contributed by atoms with Crippen molar-refractivity contribution in [2.24, 2.45) is 11.7 Å². The molecule has 0 saturated heterocycles. The topological polar surface area (TPSA) is 115 Å². The molecule has 0 aliphatic carbocycles. The first kappa shape index (κ1) is 29.6. The molecule has 0 spiro atoms. The molecule has 0 fully saturated rings. The number of fused-ring (bicyclic) bond motifs is 1. The van der Waals surface area contributed by atoms with Gasteiger partial charge in [0.25, 0.3) is 0 Å². The molecule has 4 aromatic rings. The number of anilines is 1. The smallest absolute Gasteiger partial charge is 0.324 e. The Morgan fingerprint density at radius 1 is 1.15 bits per heavy atom. The fraction of sp³-hybridized carbons (Fsp3) is 0.290. The molecule has 3 aromatic heterocycles. The van der Waals surface area contributed by atoms with Crippen molar-refractivity contribution in [2.45, 2.75) is 33.0 Å². The second kappa shape index (κ2) is 13.3. The molecule has 1 amide bonds. The third-order valence-electron chi connectivity index (χ3n) is 6.83. The minimum Gasteiger partial charge on any atom is -0.443 e. The molecular formula is C31H35FN6O3. The quantitative estimate of drug-likeness (QED) is 0.154. The molecule has 41 heavy (non-hydrogen) atoms. The number of halogens is 1. The molecule has 0 radical (unpaired) electrons. The number of hydrogen-bond donors (Lipinski definition) is 2. The zero-order valence-corrected chi connectivity index (χ0v) is 23.7. The molecule has 1 aromatic carbocycles. The van der Waals surface area contributed by atoms with Gasteiger partial charge in [-0.05, 0) is 55.4 Å². The normalized spacial score (nSPS) is 13.0. The van der Waals surface area contributed by atoms with E-state index in [1.54, 1.807) is 29.1 Å². The van der Waals surface area contributed by atoms with Crippen LogP contribution in [0.25, 0.3) is 33.3 Å². The van der Waals surface area contributed by atoms with Crippen molar-refractivity contribution in [3.05, 3.63) is 79.2 Å². The second-order valence-electron chi connectivity index (χ2n) is 10.2. The molecule has 2 atom stereocenters. The van der Waals surface area contributed by atoms with Gasteiger partial charge in [0, 0.05) is 59.5 Å². The van der Waals surface area contributed by atoms with E-state index in [0.717, 1.165) is 22.9 Å². The zero-order valence-electron chi connectivity index (χ0n) is 23.7. The number of carbonyl (C=O) groups is 2. The largest absolute Gasteiger partial charge is 0.443 e. The highest BCUT2D eigenvalue weighted by Gasteiger charge is 2.22. The van der Waals surface area contributed by atoms with Gasteiger partial charge < -0.3 is 20.7 Å². The van der Waals surface area contributed by atoms with E-state index < -0.39 is 18.0 Å². The molecule has 0 aliphatic rings. The van der Waals surface area contributed by atoms with Crippen LogP contribution in [0.4, 0.5) is 10.1 Å². The molecule has 0 unspecified atom stereocenters. The highest BCUT2D eigenvalue weighted by atomic mass is 19.1. The first-order valence-corrected chi connectivity index (χ1v) is 13.4. The second-order valence-corrected chi connectivity index (χ2v) is 10.2. The lowest BCUT2D eigenvalue weighted by Crippen LogP contribution is -2.38. The standard InChI is InChI=1S/C31H35FN6O3/c1-5-20(2)29(33)31(40)41-19-38-18-26(22-11-12-34-27(32)16-22)25-15-23(17-35-30(25)38)21-8-6-9-24(14-21)36-28(39)10-7-13-37(3)4/h6-12,14-18,20,29H,5,13,19,33H2,1-4H3,(H,36,39)/b10-7+/t20-,29-/m0/s1. The van der Waals surface area contributed by atoms with E-state index in [1.165, 1.54) is 18.3 Å². The van der Waals surface area contributed by atoms with Gasteiger partial charge in [-0.25, -0.2) is 9.97 Å². The number of carbonyl (C=O) groups excluding carboxylic acids is 2. The van der Waals surface area contributed by atoms with Crippen LogP contribution >= 0.6 is 0 Å². The molecular weight excluding hydrogens is 523 g/mol. The average molecular weight is 559 g/mol. The van der Waals surface area contributed by atoms with Gasteiger partial charge >= 0.3 is 5.97 Å². The van der Waals surface area contributed by atoms with Crippen LogP contribution < -0.4 is 11.1 Å². The number of amides is 1. The Hall–Kier alpha value is -4.41. The number of benzene rings is 1. The lowest BCUT2D eigenvalue weighted by Gasteiger charge is -2.17. The molecule has 0 bridgehead atoms. The summed E-state index contributed by atoms with van der Waals surface area (Å²) in [5.74, 6) is -1.35. The SMILES string of the molecule is CC[C@H](C)[C@H](N)C(=O)OCn1cc(-c2ccnc(F)c2)c2cc(-c3cccc(NC(=O)/C=C/CN(C)C)c3)cnc21. The van der Waals surface area contributed by atoms with Crippen molar-refractivity contribution in [1.29, 1.82) is 0 Å². The summed E-state index contributed by atoms with van der Waals surface area (Å²) in [6.45, 7) is 4.43. The summed E-state index contributed by atoms with van der Waals surface area (Å²) in [7, 11) is 3.86. The molecule has 9 nitrogen and oxygen atoms in total. The number of nitrogens with two attached hydrogens (primary N) is 1. The minimum atomic E-state index is -0.730.